The maximum absolute atomic E-state index is 5.40. The first-order valence-corrected chi connectivity index (χ1v) is 7.97. The molecule has 0 radical (unpaired) electrons. The lowest BCUT2D eigenvalue weighted by molar-refractivity contribution is 0.271. The predicted octanol–water partition coefficient (Wildman–Crippen LogP) is 2.25. The van der Waals surface area contributed by atoms with E-state index in [-0.39, 0.29) is 0 Å². The largest absolute Gasteiger partial charge is 0.497 e. The van der Waals surface area contributed by atoms with Crippen LogP contribution in [0.2, 0.25) is 0 Å². The zero-order valence-electron chi connectivity index (χ0n) is 14.1. The minimum atomic E-state index is 0.755. The molecule has 1 aliphatic heterocycles. The molecule has 1 aromatic heterocycles. The van der Waals surface area contributed by atoms with Crippen LogP contribution in [0.5, 0.6) is 11.5 Å². The van der Waals surface area contributed by atoms with Gasteiger partial charge in [-0.05, 0) is 24.3 Å². The van der Waals surface area contributed by atoms with Crippen molar-refractivity contribution in [2.75, 3.05) is 45.3 Å². The van der Waals surface area contributed by atoms with Gasteiger partial charge in [0.05, 0.1) is 33.5 Å². The zero-order valence-corrected chi connectivity index (χ0v) is 14.1. The van der Waals surface area contributed by atoms with Crippen molar-refractivity contribution in [2.45, 2.75) is 0 Å². The number of aromatic nitrogens is 1. The van der Waals surface area contributed by atoms with Crippen LogP contribution in [0.25, 0.3) is 0 Å². The first kappa shape index (κ1) is 16.1. The third-order valence-corrected chi connectivity index (χ3v) is 4.03. The van der Waals surface area contributed by atoms with E-state index in [2.05, 4.69) is 20.0 Å². The maximum Gasteiger partial charge on any atom is 0.131 e. The molecule has 0 saturated carbocycles. The first-order valence-electron chi connectivity index (χ1n) is 7.97. The number of hydrogen-bond acceptors (Lipinski definition) is 6. The van der Waals surface area contributed by atoms with Crippen molar-refractivity contribution in [3.63, 3.8) is 0 Å². The molecular formula is C18H22N4O2. The summed E-state index contributed by atoms with van der Waals surface area (Å²) in [6, 6.07) is 11.7. The van der Waals surface area contributed by atoms with Crippen LogP contribution in [0.15, 0.2) is 47.7 Å². The van der Waals surface area contributed by atoms with Gasteiger partial charge in [0.15, 0.2) is 0 Å². The monoisotopic (exact) mass is 326 g/mol. The third-order valence-electron chi connectivity index (χ3n) is 4.03. The van der Waals surface area contributed by atoms with E-state index in [4.69, 9.17) is 9.47 Å². The highest BCUT2D eigenvalue weighted by Crippen LogP contribution is 2.23. The van der Waals surface area contributed by atoms with Gasteiger partial charge in [0.25, 0.3) is 0 Å². The standard InChI is InChI=1S/C18H22N4O2/c1-23-16-7-6-15(17(13-16)24-2)14-20-22-11-9-21(10-12-22)18-5-3-4-8-19-18/h3-8,13-14H,9-12H2,1-2H3/b20-14-. The number of hydrazone groups is 1. The number of methoxy groups -OCH3 is 2. The summed E-state index contributed by atoms with van der Waals surface area (Å²) < 4.78 is 10.6. The second-order valence-electron chi connectivity index (χ2n) is 5.48. The summed E-state index contributed by atoms with van der Waals surface area (Å²) >= 11 is 0. The molecule has 2 heterocycles. The van der Waals surface area contributed by atoms with Crippen molar-refractivity contribution < 1.29 is 9.47 Å². The van der Waals surface area contributed by atoms with Gasteiger partial charge in [-0.1, -0.05) is 6.07 Å². The average Bonchev–Trinajstić information content (AvgIpc) is 2.67. The van der Waals surface area contributed by atoms with E-state index in [1.165, 1.54) is 0 Å². The number of hydrogen-bond donors (Lipinski definition) is 0. The number of anilines is 1. The summed E-state index contributed by atoms with van der Waals surface area (Å²) in [7, 11) is 3.29. The van der Waals surface area contributed by atoms with Crippen molar-refractivity contribution in [1.29, 1.82) is 0 Å². The summed E-state index contributed by atoms with van der Waals surface area (Å²) in [6.07, 6.45) is 3.67. The van der Waals surface area contributed by atoms with Crippen LogP contribution in [-0.2, 0) is 0 Å². The van der Waals surface area contributed by atoms with E-state index in [0.29, 0.717) is 0 Å². The lowest BCUT2D eigenvalue weighted by Gasteiger charge is -2.33. The van der Waals surface area contributed by atoms with Crippen LogP contribution in [0, 0.1) is 0 Å². The molecule has 2 aromatic rings. The fourth-order valence-electron chi connectivity index (χ4n) is 2.65. The van der Waals surface area contributed by atoms with E-state index in [1.807, 2.05) is 48.8 Å². The first-order chi connectivity index (χ1) is 11.8. The van der Waals surface area contributed by atoms with Gasteiger partial charge >= 0.3 is 0 Å². The molecule has 126 valence electrons. The molecule has 0 unspecified atom stereocenters. The predicted molar refractivity (Wildman–Crippen MR) is 95.2 cm³/mol. The molecule has 0 amide bonds. The van der Waals surface area contributed by atoms with Gasteiger partial charge in [-0.3, -0.25) is 5.01 Å². The Labute approximate surface area is 142 Å². The second-order valence-corrected chi connectivity index (χ2v) is 5.48. The number of nitrogens with zero attached hydrogens (tertiary/aromatic N) is 4. The van der Waals surface area contributed by atoms with E-state index in [0.717, 1.165) is 49.1 Å². The molecule has 1 aromatic carbocycles. The maximum atomic E-state index is 5.40. The molecule has 0 spiro atoms. The highest BCUT2D eigenvalue weighted by atomic mass is 16.5. The average molecular weight is 326 g/mol. The topological polar surface area (TPSA) is 50.2 Å². The van der Waals surface area contributed by atoms with Crippen LogP contribution in [0.1, 0.15) is 5.56 Å². The summed E-state index contributed by atoms with van der Waals surface area (Å²) in [4.78, 5) is 6.68. The Bertz CT molecular complexity index is 683. The lowest BCUT2D eigenvalue weighted by atomic mass is 10.2. The SMILES string of the molecule is COc1ccc(/C=N\N2CCN(c3ccccn3)CC2)c(OC)c1. The van der Waals surface area contributed by atoms with Crippen molar-refractivity contribution in [3.8, 4) is 11.5 Å². The number of benzene rings is 1. The summed E-state index contributed by atoms with van der Waals surface area (Å²) in [5.41, 5.74) is 0.936. The molecule has 0 bridgehead atoms. The van der Waals surface area contributed by atoms with Crippen molar-refractivity contribution in [3.05, 3.63) is 48.2 Å². The van der Waals surface area contributed by atoms with Gasteiger partial charge in [0.1, 0.15) is 17.3 Å². The number of piperazine rings is 1. The Morgan fingerprint density at radius 1 is 1.04 bits per heavy atom. The minimum Gasteiger partial charge on any atom is -0.497 e. The Morgan fingerprint density at radius 3 is 2.54 bits per heavy atom. The summed E-state index contributed by atoms with van der Waals surface area (Å²) in [5.74, 6) is 2.55. The summed E-state index contributed by atoms with van der Waals surface area (Å²) in [6.45, 7) is 3.55. The van der Waals surface area contributed by atoms with Crippen LogP contribution in [0.3, 0.4) is 0 Å². The molecule has 0 N–H and O–H groups in total. The zero-order chi connectivity index (χ0) is 16.8. The fourth-order valence-corrected chi connectivity index (χ4v) is 2.65. The van der Waals surface area contributed by atoms with Gasteiger partial charge in [-0.2, -0.15) is 5.10 Å². The number of rotatable bonds is 5. The smallest absolute Gasteiger partial charge is 0.131 e. The van der Waals surface area contributed by atoms with Crippen molar-refractivity contribution in [2.24, 2.45) is 5.10 Å². The van der Waals surface area contributed by atoms with E-state index < -0.39 is 0 Å². The molecular weight excluding hydrogens is 304 g/mol. The molecule has 0 aliphatic carbocycles. The lowest BCUT2D eigenvalue weighted by Crippen LogP contribution is -2.44. The van der Waals surface area contributed by atoms with Crippen LogP contribution in [-0.4, -0.2) is 56.6 Å². The number of pyridine rings is 1. The van der Waals surface area contributed by atoms with Crippen molar-refractivity contribution in [1.82, 2.24) is 9.99 Å². The Hall–Kier alpha value is -2.76. The van der Waals surface area contributed by atoms with Crippen LogP contribution < -0.4 is 14.4 Å². The van der Waals surface area contributed by atoms with E-state index in [9.17, 15) is 0 Å². The minimum absolute atomic E-state index is 0.755. The molecule has 1 saturated heterocycles. The van der Waals surface area contributed by atoms with Crippen LogP contribution in [0.4, 0.5) is 5.82 Å². The Morgan fingerprint density at radius 2 is 1.88 bits per heavy atom. The highest BCUT2D eigenvalue weighted by Gasteiger charge is 2.16. The molecule has 0 atom stereocenters. The van der Waals surface area contributed by atoms with Gasteiger partial charge in [-0.25, -0.2) is 4.98 Å². The van der Waals surface area contributed by atoms with E-state index in [1.54, 1.807) is 14.2 Å². The Kier molecular flexibility index (Phi) is 5.15. The number of ether oxygens (including phenoxy) is 2. The third kappa shape index (κ3) is 3.76. The fraction of sp³-hybridized carbons (Fsp3) is 0.333. The van der Waals surface area contributed by atoms with Crippen molar-refractivity contribution >= 4 is 12.0 Å². The van der Waals surface area contributed by atoms with Gasteiger partial charge in [0.2, 0.25) is 0 Å². The highest BCUT2D eigenvalue weighted by molar-refractivity contribution is 5.83. The van der Waals surface area contributed by atoms with Gasteiger partial charge in [-0.15, -0.1) is 0 Å². The van der Waals surface area contributed by atoms with Gasteiger partial charge < -0.3 is 14.4 Å². The molecule has 6 heteroatoms. The summed E-state index contributed by atoms with van der Waals surface area (Å²) in [5, 5.41) is 6.66. The molecule has 24 heavy (non-hydrogen) atoms. The molecule has 1 fully saturated rings. The normalized spacial score (nSPS) is 14.9. The molecule has 6 nitrogen and oxygen atoms in total. The van der Waals surface area contributed by atoms with E-state index >= 15 is 0 Å². The second kappa shape index (κ2) is 7.68. The quantitative estimate of drug-likeness (QED) is 0.789. The molecule has 1 aliphatic rings. The Balaban J connectivity index is 1.61. The molecule has 3 rings (SSSR count). The van der Waals surface area contributed by atoms with Gasteiger partial charge in [0, 0.05) is 30.9 Å². The van der Waals surface area contributed by atoms with Crippen LogP contribution >= 0.6 is 0 Å².